The Morgan fingerprint density at radius 1 is 1.38 bits per heavy atom. The number of guanidine groups is 1. The highest BCUT2D eigenvalue weighted by molar-refractivity contribution is 14.0. The van der Waals surface area contributed by atoms with Gasteiger partial charge in [0.2, 0.25) is 5.91 Å². The molecule has 0 unspecified atom stereocenters. The van der Waals surface area contributed by atoms with E-state index in [0.29, 0.717) is 23.4 Å². The van der Waals surface area contributed by atoms with Crippen LogP contribution in [0.5, 0.6) is 5.75 Å². The van der Waals surface area contributed by atoms with Gasteiger partial charge in [0.25, 0.3) is 0 Å². The topological polar surface area (TPSA) is 66.0 Å². The van der Waals surface area contributed by atoms with Crippen LogP contribution in [-0.4, -0.2) is 43.5 Å². The minimum atomic E-state index is -0.119. The predicted molar refractivity (Wildman–Crippen MR) is 117 cm³/mol. The second-order valence-corrected chi connectivity index (χ2v) is 7.22. The van der Waals surface area contributed by atoms with E-state index in [9.17, 15) is 4.79 Å². The quantitative estimate of drug-likeness (QED) is 0.390. The lowest BCUT2D eigenvalue weighted by molar-refractivity contribution is -0.114. The lowest BCUT2D eigenvalue weighted by Gasteiger charge is -2.23. The number of carbonyl (C=O) groups is 1. The summed E-state index contributed by atoms with van der Waals surface area (Å²) in [6.07, 6.45) is 1.17. The van der Waals surface area contributed by atoms with Crippen molar-refractivity contribution >= 4 is 41.5 Å². The van der Waals surface area contributed by atoms with Gasteiger partial charge >= 0.3 is 0 Å². The first kappa shape index (κ1) is 22.5. The molecule has 2 rings (SSSR count). The summed E-state index contributed by atoms with van der Waals surface area (Å²) in [5, 5.41) is 6.19. The molecule has 1 saturated heterocycles. The van der Waals surface area contributed by atoms with Crippen LogP contribution in [0.3, 0.4) is 0 Å². The number of carbonyl (C=O) groups excluding carboxylic acids is 1. The average Bonchev–Trinajstić information content (AvgIpc) is 2.91. The molecule has 0 radical (unpaired) electrons. The largest absolute Gasteiger partial charge is 0.495 e. The van der Waals surface area contributed by atoms with Gasteiger partial charge in [-0.2, -0.15) is 0 Å². The van der Waals surface area contributed by atoms with Gasteiger partial charge in [-0.05, 0) is 36.5 Å². The Hall–Kier alpha value is -1.51. The molecule has 0 spiro atoms. The third kappa shape index (κ3) is 6.34. The van der Waals surface area contributed by atoms with E-state index in [1.54, 1.807) is 7.11 Å². The van der Waals surface area contributed by atoms with Gasteiger partial charge in [-0.25, -0.2) is 4.99 Å². The maximum atomic E-state index is 11.4. The highest BCUT2D eigenvalue weighted by Gasteiger charge is 2.30. The first-order valence-corrected chi connectivity index (χ1v) is 8.82. The van der Waals surface area contributed by atoms with Crippen LogP contribution in [0.1, 0.15) is 39.7 Å². The van der Waals surface area contributed by atoms with E-state index < -0.39 is 0 Å². The molecule has 2 N–H and O–H groups in total. The number of methoxy groups -OCH3 is 1. The van der Waals surface area contributed by atoms with Crippen molar-refractivity contribution < 1.29 is 9.53 Å². The van der Waals surface area contributed by atoms with E-state index in [-0.39, 0.29) is 29.9 Å². The molecule has 1 amide bonds. The molecule has 7 heteroatoms. The predicted octanol–water partition coefficient (Wildman–Crippen LogP) is 3.47. The zero-order valence-electron chi connectivity index (χ0n) is 16.4. The molecule has 1 aromatic rings. The molecule has 0 bridgehead atoms. The molecule has 6 nitrogen and oxygen atoms in total. The zero-order valence-corrected chi connectivity index (χ0v) is 18.7. The SMILES string of the molecule is CCNC(=NCc1ccc(OC)c(NC(C)=O)c1)N1CCC(C)(C)C1.I. The molecule has 146 valence electrons. The summed E-state index contributed by atoms with van der Waals surface area (Å²) in [5.74, 6) is 1.48. The monoisotopic (exact) mass is 474 g/mol. The van der Waals surface area contributed by atoms with Gasteiger partial charge in [-0.3, -0.25) is 4.79 Å². The van der Waals surface area contributed by atoms with Crippen LogP contribution in [-0.2, 0) is 11.3 Å². The van der Waals surface area contributed by atoms with E-state index in [1.807, 2.05) is 18.2 Å². The van der Waals surface area contributed by atoms with Crippen LogP contribution >= 0.6 is 24.0 Å². The minimum Gasteiger partial charge on any atom is -0.495 e. The molecule has 1 aliphatic rings. The third-order valence-electron chi connectivity index (χ3n) is 4.30. The van der Waals surface area contributed by atoms with Gasteiger partial charge in [0.1, 0.15) is 5.75 Å². The summed E-state index contributed by atoms with van der Waals surface area (Å²) in [6, 6.07) is 5.76. The number of hydrogen-bond acceptors (Lipinski definition) is 3. The number of aliphatic imine (C=N–C) groups is 1. The second-order valence-electron chi connectivity index (χ2n) is 7.22. The van der Waals surface area contributed by atoms with Crippen LogP contribution in [0.25, 0.3) is 0 Å². The Morgan fingerprint density at radius 3 is 2.65 bits per heavy atom. The Labute approximate surface area is 173 Å². The van der Waals surface area contributed by atoms with Crippen LogP contribution in [0.15, 0.2) is 23.2 Å². The zero-order chi connectivity index (χ0) is 18.4. The van der Waals surface area contributed by atoms with E-state index in [4.69, 9.17) is 9.73 Å². The summed E-state index contributed by atoms with van der Waals surface area (Å²) in [4.78, 5) is 18.5. The summed E-state index contributed by atoms with van der Waals surface area (Å²) in [7, 11) is 1.59. The number of anilines is 1. The number of hydrogen-bond donors (Lipinski definition) is 2. The fraction of sp³-hybridized carbons (Fsp3) is 0.579. The summed E-state index contributed by atoms with van der Waals surface area (Å²) >= 11 is 0. The molecule has 0 atom stereocenters. The maximum Gasteiger partial charge on any atom is 0.221 e. The molecule has 1 aliphatic heterocycles. The molecule has 0 aliphatic carbocycles. The normalized spacial score (nSPS) is 16.0. The number of rotatable bonds is 5. The fourth-order valence-corrected chi connectivity index (χ4v) is 3.03. The summed E-state index contributed by atoms with van der Waals surface area (Å²) in [5.41, 5.74) is 2.03. The second kappa shape index (κ2) is 9.99. The third-order valence-corrected chi connectivity index (χ3v) is 4.30. The highest BCUT2D eigenvalue weighted by Crippen LogP contribution is 2.29. The van der Waals surface area contributed by atoms with E-state index in [2.05, 4.69) is 36.3 Å². The molecule has 1 aromatic carbocycles. The van der Waals surface area contributed by atoms with Gasteiger partial charge in [-0.15, -0.1) is 24.0 Å². The number of benzene rings is 1. The number of amides is 1. The highest BCUT2D eigenvalue weighted by atomic mass is 127. The Balaban J connectivity index is 0.00000338. The molecule has 1 fully saturated rings. The van der Waals surface area contributed by atoms with Crippen molar-refractivity contribution in [2.75, 3.05) is 32.1 Å². The molecule has 1 heterocycles. The van der Waals surface area contributed by atoms with Crippen molar-refractivity contribution in [2.45, 2.75) is 40.7 Å². The summed E-state index contributed by atoms with van der Waals surface area (Å²) in [6.45, 7) is 11.6. The van der Waals surface area contributed by atoms with Crippen molar-refractivity contribution in [1.29, 1.82) is 0 Å². The maximum absolute atomic E-state index is 11.4. The van der Waals surface area contributed by atoms with Crippen LogP contribution < -0.4 is 15.4 Å². The Kier molecular flexibility index (Phi) is 8.66. The number of nitrogens with one attached hydrogen (secondary N) is 2. The number of likely N-dealkylation sites (tertiary alicyclic amines) is 1. The van der Waals surface area contributed by atoms with E-state index in [1.165, 1.54) is 13.3 Å². The van der Waals surface area contributed by atoms with Crippen LogP contribution in [0.2, 0.25) is 0 Å². The van der Waals surface area contributed by atoms with Crippen LogP contribution in [0.4, 0.5) is 5.69 Å². The molecule has 0 aromatic heterocycles. The molecule has 0 saturated carbocycles. The van der Waals surface area contributed by atoms with Gasteiger partial charge in [-0.1, -0.05) is 19.9 Å². The molecular formula is C19H31IN4O2. The molecule has 26 heavy (non-hydrogen) atoms. The van der Waals surface area contributed by atoms with E-state index >= 15 is 0 Å². The first-order chi connectivity index (χ1) is 11.8. The van der Waals surface area contributed by atoms with Crippen molar-refractivity contribution in [3.8, 4) is 5.75 Å². The standard InChI is InChI=1S/C19H30N4O2.HI/c1-6-20-18(23-10-9-19(3,4)13-23)21-12-15-7-8-17(25-5)16(11-15)22-14(2)24;/h7-8,11H,6,9-10,12-13H2,1-5H3,(H,20,21)(H,22,24);1H. The van der Waals surface area contributed by atoms with Gasteiger partial charge in [0, 0.05) is 26.6 Å². The van der Waals surface area contributed by atoms with Crippen molar-refractivity contribution in [1.82, 2.24) is 10.2 Å². The first-order valence-electron chi connectivity index (χ1n) is 8.82. The van der Waals surface area contributed by atoms with Crippen molar-refractivity contribution in [2.24, 2.45) is 10.4 Å². The summed E-state index contributed by atoms with van der Waals surface area (Å²) < 4.78 is 5.30. The van der Waals surface area contributed by atoms with E-state index in [0.717, 1.165) is 31.2 Å². The van der Waals surface area contributed by atoms with Crippen LogP contribution in [0, 0.1) is 5.41 Å². The van der Waals surface area contributed by atoms with Gasteiger partial charge in [0.05, 0.1) is 19.3 Å². The Bertz CT molecular complexity index is 646. The minimum absolute atomic E-state index is 0. The molecular weight excluding hydrogens is 443 g/mol. The van der Waals surface area contributed by atoms with Gasteiger partial charge in [0.15, 0.2) is 5.96 Å². The fourth-order valence-electron chi connectivity index (χ4n) is 3.03. The lowest BCUT2D eigenvalue weighted by Crippen LogP contribution is -2.40. The van der Waals surface area contributed by atoms with Crippen molar-refractivity contribution in [3.05, 3.63) is 23.8 Å². The van der Waals surface area contributed by atoms with Gasteiger partial charge < -0.3 is 20.3 Å². The number of nitrogens with zero attached hydrogens (tertiary/aromatic N) is 2. The average molecular weight is 474 g/mol. The number of halogens is 1. The smallest absolute Gasteiger partial charge is 0.221 e. The Morgan fingerprint density at radius 2 is 2.12 bits per heavy atom. The van der Waals surface area contributed by atoms with Crippen molar-refractivity contribution in [3.63, 3.8) is 0 Å². The number of ether oxygens (including phenoxy) is 1. The lowest BCUT2D eigenvalue weighted by atomic mass is 9.93.